The molecule has 6 nitrogen and oxygen atoms in total. The van der Waals surface area contributed by atoms with Gasteiger partial charge >= 0.3 is 0 Å². The number of phenolic OH excluding ortho intramolecular Hbond substituents is 2. The van der Waals surface area contributed by atoms with Crippen LogP contribution in [0.4, 0.5) is 11.4 Å². The molecule has 0 radical (unpaired) electrons. The Kier molecular flexibility index (Phi) is 5.26. The second-order valence-electron chi connectivity index (χ2n) is 6.86. The van der Waals surface area contributed by atoms with Crippen molar-refractivity contribution < 1.29 is 10.2 Å². The fraction of sp³-hybridized carbons (Fsp3) is 0.0435. The smallest absolute Gasteiger partial charge is 0.166 e. The molecule has 0 saturated carbocycles. The van der Waals surface area contributed by atoms with E-state index in [4.69, 9.17) is 0 Å². The quantitative estimate of drug-likeness (QED) is 0.411. The monoisotopic (exact) mass is 394 g/mol. The normalized spacial score (nSPS) is 11.6. The zero-order valence-corrected chi connectivity index (χ0v) is 16.6. The summed E-state index contributed by atoms with van der Waals surface area (Å²) < 4.78 is 0. The summed E-state index contributed by atoms with van der Waals surface area (Å²) in [7, 11) is 1.91. The maximum absolute atomic E-state index is 10.0. The molecule has 7 heteroatoms. The summed E-state index contributed by atoms with van der Waals surface area (Å²) in [5.41, 5.74) is 5.48. The number of rotatable bonds is 4. The van der Waals surface area contributed by atoms with Crippen molar-refractivity contribution in [1.82, 2.24) is 9.97 Å². The molecule has 146 valence electrons. The van der Waals surface area contributed by atoms with Crippen molar-refractivity contribution in [2.24, 2.45) is 9.98 Å². The average Bonchev–Trinajstić information content (AvgIpc) is 2.73. The predicted molar refractivity (Wildman–Crippen MR) is 123 cm³/mol. The number of aliphatic imine (C=N–C) groups is 2. The molecule has 1 heterocycles. The van der Waals surface area contributed by atoms with Gasteiger partial charge in [-0.15, -0.1) is 0 Å². The van der Waals surface area contributed by atoms with Gasteiger partial charge in [-0.3, -0.25) is 20.0 Å². The molecule has 0 bridgehead atoms. The van der Waals surface area contributed by atoms with Gasteiger partial charge in [-0.2, -0.15) is 0 Å². The minimum Gasteiger partial charge on any atom is -0.507 e. The first-order valence-electron chi connectivity index (χ1n) is 9.44. The van der Waals surface area contributed by atoms with Crippen LogP contribution < -0.4 is 5.59 Å². The van der Waals surface area contributed by atoms with E-state index in [0.29, 0.717) is 33.5 Å². The zero-order chi connectivity index (χ0) is 21.1. The Morgan fingerprint density at radius 1 is 0.767 bits per heavy atom. The van der Waals surface area contributed by atoms with Crippen LogP contribution in [0.2, 0.25) is 0 Å². The van der Waals surface area contributed by atoms with Crippen LogP contribution in [-0.4, -0.2) is 40.5 Å². The summed E-state index contributed by atoms with van der Waals surface area (Å²) in [5, 5.41) is 20.0. The maximum Gasteiger partial charge on any atom is 0.166 e. The van der Waals surface area contributed by atoms with E-state index in [9.17, 15) is 10.2 Å². The van der Waals surface area contributed by atoms with Gasteiger partial charge < -0.3 is 10.2 Å². The van der Waals surface area contributed by atoms with E-state index >= 15 is 0 Å². The number of aromatic nitrogens is 2. The van der Waals surface area contributed by atoms with Crippen LogP contribution in [0.15, 0.2) is 70.6 Å². The minimum absolute atomic E-state index is 0.146. The molecule has 0 atom stereocenters. The van der Waals surface area contributed by atoms with Gasteiger partial charge in [-0.05, 0) is 43.3 Å². The molecule has 4 rings (SSSR count). The minimum atomic E-state index is 0.146. The lowest BCUT2D eigenvalue weighted by Gasteiger charge is -2.07. The van der Waals surface area contributed by atoms with Crippen LogP contribution in [0, 0.1) is 6.92 Å². The molecule has 2 N–H and O–H groups in total. The van der Waals surface area contributed by atoms with Crippen molar-refractivity contribution in [2.45, 2.75) is 6.92 Å². The number of fused-ring (bicyclic) bond motifs is 1. The Morgan fingerprint density at radius 2 is 1.23 bits per heavy atom. The number of hydrogen-bond acceptors (Lipinski definition) is 6. The van der Waals surface area contributed by atoms with Crippen molar-refractivity contribution in [1.29, 1.82) is 0 Å². The van der Waals surface area contributed by atoms with Crippen molar-refractivity contribution in [2.75, 3.05) is 0 Å². The van der Waals surface area contributed by atoms with Gasteiger partial charge in [0.2, 0.25) is 0 Å². The largest absolute Gasteiger partial charge is 0.507 e. The van der Waals surface area contributed by atoms with Crippen molar-refractivity contribution in [3.05, 3.63) is 77.5 Å². The van der Waals surface area contributed by atoms with Crippen LogP contribution >= 0.6 is 0 Å². The lowest BCUT2D eigenvalue weighted by Crippen LogP contribution is -2.14. The lowest BCUT2D eigenvalue weighted by molar-refractivity contribution is 0.474. The highest BCUT2D eigenvalue weighted by molar-refractivity contribution is 6.31. The SMILES string of the molecule is Bc1nc2cc(/N=C/c3ccccc3O)c(/N=C/c3ccccc3O)cc2nc1C. The van der Waals surface area contributed by atoms with Crippen molar-refractivity contribution >= 4 is 48.3 Å². The van der Waals surface area contributed by atoms with E-state index in [0.717, 1.165) is 11.3 Å². The van der Waals surface area contributed by atoms with Crippen LogP contribution in [0.25, 0.3) is 11.0 Å². The Labute approximate surface area is 174 Å². The lowest BCUT2D eigenvalue weighted by atomic mass is 10.0. The van der Waals surface area contributed by atoms with Gasteiger partial charge in [0.1, 0.15) is 11.5 Å². The molecule has 0 fully saturated rings. The summed E-state index contributed by atoms with van der Waals surface area (Å²) in [5.74, 6) is 0.292. The van der Waals surface area contributed by atoms with E-state index in [1.54, 1.807) is 48.8 Å². The number of aryl methyl sites for hydroxylation is 1. The predicted octanol–water partition coefficient (Wildman–Crippen LogP) is 3.11. The summed E-state index contributed by atoms with van der Waals surface area (Å²) >= 11 is 0. The van der Waals surface area contributed by atoms with Crippen LogP contribution in [0.5, 0.6) is 11.5 Å². The molecular formula is C23H19BN4O2. The second kappa shape index (κ2) is 8.17. The number of hydrogen-bond donors (Lipinski definition) is 2. The molecule has 1 aromatic heterocycles. The number of aromatic hydroxyl groups is 2. The fourth-order valence-corrected chi connectivity index (χ4v) is 2.94. The van der Waals surface area contributed by atoms with E-state index in [-0.39, 0.29) is 11.5 Å². The standard InChI is InChI=1S/C23H19BN4O2/c1-14-23(24)28-20-11-18(26-13-16-7-3-5-9-22(16)30)17(10-19(20)27-14)25-12-15-6-2-4-8-21(15)29/h2-13,29-30H,24H2,1H3/b25-12+,26-13+. The van der Waals surface area contributed by atoms with Gasteiger partial charge in [0.15, 0.2) is 7.85 Å². The molecule has 0 unspecified atom stereocenters. The van der Waals surface area contributed by atoms with Gasteiger partial charge in [0, 0.05) is 34.8 Å². The molecule has 0 saturated heterocycles. The number of benzene rings is 3. The Bertz CT molecular complexity index is 1200. The molecule has 0 aliphatic heterocycles. The third-order valence-electron chi connectivity index (χ3n) is 4.73. The summed E-state index contributed by atoms with van der Waals surface area (Å²) in [6, 6.07) is 17.6. The highest BCUT2D eigenvalue weighted by Crippen LogP contribution is 2.32. The van der Waals surface area contributed by atoms with Crippen LogP contribution in [-0.2, 0) is 0 Å². The summed E-state index contributed by atoms with van der Waals surface area (Å²) in [4.78, 5) is 18.3. The Morgan fingerprint density at radius 3 is 1.73 bits per heavy atom. The highest BCUT2D eigenvalue weighted by Gasteiger charge is 2.08. The van der Waals surface area contributed by atoms with E-state index in [1.165, 1.54) is 0 Å². The summed E-state index contributed by atoms with van der Waals surface area (Å²) in [6.07, 6.45) is 3.17. The molecule has 4 aromatic rings. The topological polar surface area (TPSA) is 91.0 Å². The first-order valence-corrected chi connectivity index (χ1v) is 9.44. The van der Waals surface area contributed by atoms with Gasteiger partial charge in [-0.25, -0.2) is 0 Å². The number of para-hydroxylation sites is 2. The summed E-state index contributed by atoms with van der Waals surface area (Å²) in [6.45, 7) is 1.91. The van der Waals surface area contributed by atoms with E-state index in [1.807, 2.05) is 39.0 Å². The third kappa shape index (κ3) is 4.05. The highest BCUT2D eigenvalue weighted by atomic mass is 16.3. The van der Waals surface area contributed by atoms with Crippen molar-refractivity contribution in [3.63, 3.8) is 0 Å². The zero-order valence-electron chi connectivity index (χ0n) is 16.6. The maximum atomic E-state index is 10.0. The fourth-order valence-electron chi connectivity index (χ4n) is 2.94. The molecule has 0 aliphatic carbocycles. The van der Waals surface area contributed by atoms with E-state index < -0.39 is 0 Å². The second-order valence-corrected chi connectivity index (χ2v) is 6.86. The van der Waals surface area contributed by atoms with Gasteiger partial charge in [-0.1, -0.05) is 24.3 Å². The van der Waals surface area contributed by atoms with Gasteiger partial charge in [0.25, 0.3) is 0 Å². The van der Waals surface area contributed by atoms with Crippen molar-refractivity contribution in [3.8, 4) is 11.5 Å². The van der Waals surface area contributed by atoms with Crippen LogP contribution in [0.1, 0.15) is 16.8 Å². The average molecular weight is 394 g/mol. The van der Waals surface area contributed by atoms with Crippen LogP contribution in [0.3, 0.4) is 0 Å². The molecule has 0 aliphatic rings. The molecule has 0 amide bonds. The molecular weight excluding hydrogens is 375 g/mol. The Balaban J connectivity index is 1.83. The molecule has 0 spiro atoms. The van der Waals surface area contributed by atoms with Gasteiger partial charge in [0.05, 0.1) is 22.4 Å². The molecule has 30 heavy (non-hydrogen) atoms. The number of phenols is 2. The number of nitrogens with zero attached hydrogens (tertiary/aromatic N) is 4. The van der Waals surface area contributed by atoms with E-state index in [2.05, 4.69) is 20.0 Å². The first kappa shape index (κ1) is 19.3. The first-order chi connectivity index (χ1) is 14.5. The third-order valence-corrected chi connectivity index (χ3v) is 4.73. The molecule has 3 aromatic carbocycles. The Hall–Kier alpha value is -4.00.